The molecule has 0 radical (unpaired) electrons. The highest BCUT2D eigenvalue weighted by Crippen LogP contribution is 2.34. The zero-order valence-electron chi connectivity index (χ0n) is 22.6. The first-order valence-corrected chi connectivity index (χ1v) is 13.2. The Balaban J connectivity index is 1.42. The Hall–Kier alpha value is -4.18. The van der Waals surface area contributed by atoms with Crippen LogP contribution in [0.3, 0.4) is 0 Å². The largest absolute Gasteiger partial charge is 0.497 e. The number of ether oxygens (including phenoxy) is 2. The molecule has 39 heavy (non-hydrogen) atoms. The van der Waals surface area contributed by atoms with Crippen LogP contribution < -0.4 is 14.4 Å². The molecule has 1 aliphatic heterocycles. The van der Waals surface area contributed by atoms with Gasteiger partial charge in [-0.15, -0.1) is 0 Å². The number of hydrogen-bond acceptors (Lipinski definition) is 8. The van der Waals surface area contributed by atoms with Crippen molar-refractivity contribution >= 4 is 28.3 Å². The van der Waals surface area contributed by atoms with Gasteiger partial charge in [-0.25, -0.2) is 4.98 Å². The van der Waals surface area contributed by atoms with Crippen LogP contribution in [0, 0.1) is 0 Å². The van der Waals surface area contributed by atoms with E-state index < -0.39 is 6.10 Å². The van der Waals surface area contributed by atoms with E-state index in [1.165, 1.54) is 0 Å². The topological polar surface area (TPSA) is 106 Å². The van der Waals surface area contributed by atoms with Gasteiger partial charge in [0.25, 0.3) is 0 Å². The van der Waals surface area contributed by atoms with Crippen LogP contribution in [0.5, 0.6) is 11.5 Å². The van der Waals surface area contributed by atoms with E-state index in [-0.39, 0.29) is 12.5 Å². The minimum atomic E-state index is -0.441. The van der Waals surface area contributed by atoms with Crippen LogP contribution in [0.2, 0.25) is 0 Å². The van der Waals surface area contributed by atoms with E-state index >= 15 is 0 Å². The molecule has 0 aliphatic carbocycles. The zero-order chi connectivity index (χ0) is 27.4. The van der Waals surface area contributed by atoms with E-state index in [0.29, 0.717) is 25.2 Å². The fourth-order valence-electron chi connectivity index (χ4n) is 4.77. The molecule has 0 saturated carbocycles. The summed E-state index contributed by atoms with van der Waals surface area (Å²) in [7, 11) is 3.30. The van der Waals surface area contributed by atoms with Crippen LogP contribution in [0.25, 0.3) is 22.3 Å². The van der Waals surface area contributed by atoms with Crippen molar-refractivity contribution in [2.45, 2.75) is 38.8 Å². The number of anilines is 2. The third-order valence-corrected chi connectivity index (χ3v) is 6.96. The summed E-state index contributed by atoms with van der Waals surface area (Å²) in [6, 6.07) is 11.9. The lowest BCUT2D eigenvalue weighted by Crippen LogP contribution is -2.32. The minimum absolute atomic E-state index is 0.0585. The predicted molar refractivity (Wildman–Crippen MR) is 149 cm³/mol. The van der Waals surface area contributed by atoms with Gasteiger partial charge in [-0.2, -0.15) is 5.10 Å². The van der Waals surface area contributed by atoms with E-state index in [9.17, 15) is 9.90 Å². The quantitative estimate of drug-likeness (QED) is 0.328. The molecular weight excluding hydrogens is 496 g/mol. The number of hydrogen-bond donors (Lipinski definition) is 1. The lowest BCUT2D eigenvalue weighted by molar-refractivity contribution is -0.131. The van der Waals surface area contributed by atoms with Crippen LogP contribution in [0.4, 0.5) is 11.4 Å². The number of amides is 1. The maximum atomic E-state index is 12.6. The molecule has 2 aromatic heterocycles. The molecule has 4 aromatic rings. The second kappa shape index (κ2) is 11.7. The molecular formula is C29H34N6O4. The molecule has 204 valence electrons. The normalized spacial score (nSPS) is 15.1. The van der Waals surface area contributed by atoms with E-state index in [0.717, 1.165) is 58.9 Å². The molecule has 0 spiro atoms. The highest BCUT2D eigenvalue weighted by molar-refractivity contribution is 5.83. The first-order chi connectivity index (χ1) is 19.0. The summed E-state index contributed by atoms with van der Waals surface area (Å²) in [6.45, 7) is 4.06. The third kappa shape index (κ3) is 5.96. The smallest absolute Gasteiger partial charge is 0.244 e. The van der Waals surface area contributed by atoms with Gasteiger partial charge in [0.2, 0.25) is 5.91 Å². The van der Waals surface area contributed by atoms with Gasteiger partial charge < -0.3 is 24.4 Å². The van der Waals surface area contributed by atoms with Crippen molar-refractivity contribution in [1.29, 1.82) is 0 Å². The van der Waals surface area contributed by atoms with Gasteiger partial charge in [0.1, 0.15) is 18.0 Å². The summed E-state index contributed by atoms with van der Waals surface area (Å²) in [5, 5.41) is 14.1. The Morgan fingerprint density at radius 3 is 2.56 bits per heavy atom. The maximum absolute atomic E-state index is 12.6. The number of methoxy groups -OCH3 is 2. The fraction of sp³-hybridized carbons (Fsp3) is 0.379. The Morgan fingerprint density at radius 1 is 1.08 bits per heavy atom. The summed E-state index contributed by atoms with van der Waals surface area (Å²) in [5.74, 6) is 1.40. The summed E-state index contributed by atoms with van der Waals surface area (Å²) in [5.41, 5.74) is 4.97. The van der Waals surface area contributed by atoms with Gasteiger partial charge in [0.15, 0.2) is 0 Å². The Labute approximate surface area is 227 Å². The number of benzene rings is 2. The van der Waals surface area contributed by atoms with Crippen molar-refractivity contribution in [3.8, 4) is 22.8 Å². The average molecular weight is 531 g/mol. The number of fused-ring (bicyclic) bond motifs is 1. The van der Waals surface area contributed by atoms with E-state index in [1.54, 1.807) is 42.4 Å². The summed E-state index contributed by atoms with van der Waals surface area (Å²) < 4.78 is 12.6. The van der Waals surface area contributed by atoms with E-state index in [2.05, 4.69) is 28.0 Å². The molecule has 10 nitrogen and oxygen atoms in total. The molecule has 2 aromatic carbocycles. The molecule has 1 fully saturated rings. The van der Waals surface area contributed by atoms with E-state index in [4.69, 9.17) is 14.5 Å². The molecule has 10 heteroatoms. The Morgan fingerprint density at radius 2 is 1.87 bits per heavy atom. The first-order valence-electron chi connectivity index (χ1n) is 13.2. The van der Waals surface area contributed by atoms with E-state index in [1.807, 2.05) is 30.3 Å². The number of nitrogens with zero attached hydrogens (tertiary/aromatic N) is 6. The number of aromatic nitrogens is 4. The molecule has 1 N–H and O–H groups in total. The van der Waals surface area contributed by atoms with Gasteiger partial charge in [0.05, 0.1) is 49.4 Å². The second-order valence-corrected chi connectivity index (χ2v) is 9.71. The van der Waals surface area contributed by atoms with Crippen LogP contribution in [0.1, 0.15) is 26.2 Å². The lowest BCUT2D eigenvalue weighted by Gasteiger charge is -2.26. The minimum Gasteiger partial charge on any atom is -0.497 e. The van der Waals surface area contributed by atoms with Gasteiger partial charge in [-0.05, 0) is 31.0 Å². The van der Waals surface area contributed by atoms with Crippen molar-refractivity contribution in [1.82, 2.24) is 24.6 Å². The summed E-state index contributed by atoms with van der Waals surface area (Å²) in [6.07, 6.45) is 7.47. The van der Waals surface area contributed by atoms with Crippen molar-refractivity contribution in [2.24, 2.45) is 0 Å². The SMILES string of the molecule is CCCCN(c1cc(OC)cc(OC)c1)c1ccc2ncc(-c3cnn(CC(=O)N4CCC(O)C4)c3)nc2c1. The number of rotatable bonds is 10. The lowest BCUT2D eigenvalue weighted by atomic mass is 10.1. The number of carbonyl (C=O) groups excluding carboxylic acids is 1. The molecule has 1 aliphatic rings. The van der Waals surface area contributed by atoms with Crippen molar-refractivity contribution in [3.05, 3.63) is 55.0 Å². The average Bonchev–Trinajstić information content (AvgIpc) is 3.61. The Kier molecular flexibility index (Phi) is 7.92. The summed E-state index contributed by atoms with van der Waals surface area (Å²) in [4.78, 5) is 26.0. The van der Waals surface area contributed by atoms with Gasteiger partial charge in [-0.3, -0.25) is 14.5 Å². The Bertz CT molecular complexity index is 1430. The third-order valence-electron chi connectivity index (χ3n) is 6.96. The second-order valence-electron chi connectivity index (χ2n) is 9.71. The molecule has 1 unspecified atom stereocenters. The molecule has 3 heterocycles. The van der Waals surface area contributed by atoms with Crippen molar-refractivity contribution < 1.29 is 19.4 Å². The van der Waals surface area contributed by atoms with Gasteiger partial charge in [-0.1, -0.05) is 13.3 Å². The summed E-state index contributed by atoms with van der Waals surface area (Å²) >= 11 is 0. The highest BCUT2D eigenvalue weighted by Gasteiger charge is 2.24. The number of carbonyl (C=O) groups is 1. The molecule has 1 saturated heterocycles. The molecule has 1 amide bonds. The molecule has 0 bridgehead atoms. The first kappa shape index (κ1) is 26.4. The predicted octanol–water partition coefficient (Wildman–Crippen LogP) is 4.04. The number of β-amino-alcohol motifs (C(OH)–C–C–N with tert-alkyl or cyclic N) is 1. The monoisotopic (exact) mass is 530 g/mol. The number of aliphatic hydroxyl groups is 1. The van der Waals surface area contributed by atoms with Crippen LogP contribution in [-0.2, 0) is 11.3 Å². The number of aliphatic hydroxyl groups excluding tert-OH is 1. The highest BCUT2D eigenvalue weighted by atomic mass is 16.5. The van der Waals surface area contributed by atoms with Crippen LogP contribution in [-0.4, -0.2) is 75.6 Å². The fourth-order valence-corrected chi connectivity index (χ4v) is 4.77. The molecule has 5 rings (SSSR count). The van der Waals surface area contributed by atoms with Crippen LogP contribution in [0.15, 0.2) is 55.0 Å². The van der Waals surface area contributed by atoms with Gasteiger partial charge >= 0.3 is 0 Å². The molecule has 1 atom stereocenters. The standard InChI is InChI=1S/C29H34N6O4/c1-4-5-9-35(22-11-24(38-2)14-25(12-22)39-3)21-6-7-26-27(13-21)32-28(16-30-26)20-15-31-34(17-20)19-29(37)33-10-8-23(36)18-33/h6-7,11-17,23,36H,4-5,8-10,18-19H2,1-3H3. The van der Waals surface area contributed by atoms with Gasteiger partial charge in [0, 0.05) is 61.0 Å². The van der Waals surface area contributed by atoms with Crippen molar-refractivity contribution in [2.75, 3.05) is 38.8 Å². The zero-order valence-corrected chi connectivity index (χ0v) is 22.6. The van der Waals surface area contributed by atoms with Crippen LogP contribution >= 0.6 is 0 Å². The number of likely N-dealkylation sites (tertiary alicyclic amines) is 1. The number of unbranched alkanes of at least 4 members (excludes halogenated alkanes) is 1. The van der Waals surface area contributed by atoms with Crippen molar-refractivity contribution in [3.63, 3.8) is 0 Å². The maximum Gasteiger partial charge on any atom is 0.244 e.